The molecule has 1 aromatic carbocycles. The topological polar surface area (TPSA) is 70.1 Å². The second-order valence-electron chi connectivity index (χ2n) is 4.08. The van der Waals surface area contributed by atoms with E-state index in [1.807, 2.05) is 0 Å². The fraction of sp³-hybridized carbons (Fsp3) is 0.231. The Balaban J connectivity index is 2.21. The fourth-order valence-corrected chi connectivity index (χ4v) is 1.88. The first-order valence-electron chi connectivity index (χ1n) is 5.95. The highest BCUT2D eigenvalue weighted by Gasteiger charge is 2.14. The number of rotatable bonds is 4. The summed E-state index contributed by atoms with van der Waals surface area (Å²) in [4.78, 5) is 11.5. The lowest BCUT2D eigenvalue weighted by Crippen LogP contribution is -2.09. The molecule has 106 valence electrons. The van der Waals surface area contributed by atoms with Crippen molar-refractivity contribution in [3.8, 4) is 0 Å². The first-order chi connectivity index (χ1) is 9.51. The zero-order chi connectivity index (χ0) is 14.7. The number of benzene rings is 1. The van der Waals surface area contributed by atoms with Crippen molar-refractivity contribution in [1.82, 2.24) is 9.78 Å². The van der Waals surface area contributed by atoms with Crippen molar-refractivity contribution in [2.75, 3.05) is 12.3 Å². The molecule has 0 spiro atoms. The minimum Gasteiger partial charge on any atom is -0.461 e. The van der Waals surface area contributed by atoms with Crippen LogP contribution >= 0.6 is 11.6 Å². The van der Waals surface area contributed by atoms with E-state index < -0.39 is 11.8 Å². The Morgan fingerprint density at radius 3 is 2.90 bits per heavy atom. The quantitative estimate of drug-likeness (QED) is 0.880. The van der Waals surface area contributed by atoms with Crippen LogP contribution in [0.1, 0.15) is 23.0 Å². The van der Waals surface area contributed by atoms with Crippen LogP contribution < -0.4 is 5.73 Å². The molecule has 2 N–H and O–H groups in total. The van der Waals surface area contributed by atoms with Crippen molar-refractivity contribution < 1.29 is 13.9 Å². The van der Waals surface area contributed by atoms with Crippen LogP contribution in [0.3, 0.4) is 0 Å². The molecule has 0 aliphatic carbocycles. The minimum atomic E-state index is -0.532. The number of hydrogen-bond donors (Lipinski definition) is 1. The monoisotopic (exact) mass is 297 g/mol. The Labute approximate surface area is 120 Å². The van der Waals surface area contributed by atoms with Crippen molar-refractivity contribution in [2.24, 2.45) is 0 Å². The summed E-state index contributed by atoms with van der Waals surface area (Å²) >= 11 is 5.71. The maximum atomic E-state index is 13.1. The van der Waals surface area contributed by atoms with Crippen LogP contribution in [-0.2, 0) is 11.3 Å². The lowest BCUT2D eigenvalue weighted by Gasteiger charge is -2.05. The van der Waals surface area contributed by atoms with Gasteiger partial charge in [-0.05, 0) is 24.6 Å². The molecular weight excluding hydrogens is 285 g/mol. The molecular formula is C13H13ClFN3O2. The van der Waals surface area contributed by atoms with Crippen molar-refractivity contribution in [3.05, 3.63) is 46.4 Å². The number of anilines is 1. The molecule has 0 aliphatic heterocycles. The Kier molecular flexibility index (Phi) is 4.24. The molecule has 2 aromatic rings. The van der Waals surface area contributed by atoms with E-state index in [0.29, 0.717) is 5.82 Å². The molecule has 5 nitrogen and oxygen atoms in total. The molecule has 0 aliphatic rings. The van der Waals surface area contributed by atoms with E-state index in [9.17, 15) is 9.18 Å². The number of halogens is 2. The van der Waals surface area contributed by atoms with Crippen LogP contribution in [0.25, 0.3) is 0 Å². The predicted molar refractivity (Wildman–Crippen MR) is 73.1 cm³/mol. The molecule has 0 radical (unpaired) electrons. The molecule has 20 heavy (non-hydrogen) atoms. The van der Waals surface area contributed by atoms with Crippen molar-refractivity contribution in [1.29, 1.82) is 0 Å². The minimum absolute atomic E-state index is 0.0267. The Bertz CT molecular complexity index is 643. The number of hydrogen-bond acceptors (Lipinski definition) is 4. The molecule has 7 heteroatoms. The third-order valence-corrected chi connectivity index (χ3v) is 2.90. The average molecular weight is 298 g/mol. The summed E-state index contributed by atoms with van der Waals surface area (Å²) in [5.41, 5.74) is 6.64. The molecule has 0 saturated carbocycles. The molecule has 1 aromatic heterocycles. The Hall–Kier alpha value is -2.08. The molecule has 2 rings (SSSR count). The number of carbonyl (C=O) groups is 1. The van der Waals surface area contributed by atoms with Gasteiger partial charge in [0.05, 0.1) is 18.2 Å². The standard InChI is InChI=1S/C13H13ClFN3O2/c1-2-20-13(19)11-6-12(16)18(17-11)7-8-3-4-10(15)9(14)5-8/h3-6H,2,7,16H2,1H3. The Morgan fingerprint density at radius 1 is 1.50 bits per heavy atom. The molecule has 0 saturated heterocycles. The first kappa shape index (κ1) is 14.3. The molecule has 1 heterocycles. The SMILES string of the molecule is CCOC(=O)c1cc(N)n(Cc2ccc(F)c(Cl)c2)n1. The van der Waals surface area contributed by atoms with Gasteiger partial charge >= 0.3 is 5.97 Å². The molecule has 0 unspecified atom stereocenters. The fourth-order valence-electron chi connectivity index (χ4n) is 1.67. The number of carbonyl (C=O) groups excluding carboxylic acids is 1. The van der Waals surface area contributed by atoms with Crippen molar-refractivity contribution in [2.45, 2.75) is 13.5 Å². The highest BCUT2D eigenvalue weighted by molar-refractivity contribution is 6.30. The summed E-state index contributed by atoms with van der Waals surface area (Å²) < 4.78 is 19.3. The van der Waals surface area contributed by atoms with E-state index in [-0.39, 0.29) is 23.9 Å². The zero-order valence-electron chi connectivity index (χ0n) is 10.8. The summed E-state index contributed by atoms with van der Waals surface area (Å²) in [6, 6.07) is 5.77. The highest BCUT2D eigenvalue weighted by atomic mass is 35.5. The van der Waals surface area contributed by atoms with Crippen LogP contribution in [-0.4, -0.2) is 22.4 Å². The van der Waals surface area contributed by atoms with E-state index in [0.717, 1.165) is 5.56 Å². The summed E-state index contributed by atoms with van der Waals surface area (Å²) in [7, 11) is 0. The van der Waals surface area contributed by atoms with Gasteiger partial charge in [0.25, 0.3) is 0 Å². The normalized spacial score (nSPS) is 10.6. The van der Waals surface area contributed by atoms with Gasteiger partial charge < -0.3 is 10.5 Å². The van der Waals surface area contributed by atoms with Gasteiger partial charge in [0.1, 0.15) is 11.6 Å². The van der Waals surface area contributed by atoms with E-state index >= 15 is 0 Å². The van der Waals surface area contributed by atoms with Crippen molar-refractivity contribution >= 4 is 23.4 Å². The highest BCUT2D eigenvalue weighted by Crippen LogP contribution is 2.18. The van der Waals surface area contributed by atoms with Gasteiger partial charge in [0.2, 0.25) is 0 Å². The van der Waals surface area contributed by atoms with E-state index in [1.54, 1.807) is 13.0 Å². The smallest absolute Gasteiger partial charge is 0.358 e. The van der Waals surface area contributed by atoms with E-state index in [1.165, 1.54) is 22.9 Å². The maximum Gasteiger partial charge on any atom is 0.358 e. The van der Waals surface area contributed by atoms with Crippen LogP contribution in [0.15, 0.2) is 24.3 Å². The largest absolute Gasteiger partial charge is 0.461 e. The third-order valence-electron chi connectivity index (χ3n) is 2.61. The Morgan fingerprint density at radius 2 is 2.25 bits per heavy atom. The second-order valence-corrected chi connectivity index (χ2v) is 4.49. The van der Waals surface area contributed by atoms with Crippen LogP contribution in [0.2, 0.25) is 5.02 Å². The zero-order valence-corrected chi connectivity index (χ0v) is 11.5. The first-order valence-corrected chi connectivity index (χ1v) is 6.33. The molecule has 0 amide bonds. The number of nitrogens with two attached hydrogens (primary N) is 1. The number of nitrogen functional groups attached to an aromatic ring is 1. The number of esters is 1. The number of ether oxygens (including phenoxy) is 1. The van der Waals surface area contributed by atoms with Gasteiger partial charge in [0, 0.05) is 6.07 Å². The van der Waals surface area contributed by atoms with Crippen LogP contribution in [0.5, 0.6) is 0 Å². The summed E-state index contributed by atoms with van der Waals surface area (Å²) in [6.07, 6.45) is 0. The van der Waals surface area contributed by atoms with Gasteiger partial charge in [-0.1, -0.05) is 17.7 Å². The lowest BCUT2D eigenvalue weighted by atomic mass is 10.2. The van der Waals surface area contributed by atoms with E-state index in [4.69, 9.17) is 22.1 Å². The third kappa shape index (κ3) is 3.08. The summed E-state index contributed by atoms with van der Waals surface area (Å²) in [5, 5.41) is 4.08. The molecule has 0 bridgehead atoms. The van der Waals surface area contributed by atoms with Gasteiger partial charge in [-0.3, -0.25) is 0 Å². The molecule has 0 atom stereocenters. The molecule has 0 fully saturated rings. The summed E-state index contributed by atoms with van der Waals surface area (Å²) in [5.74, 6) is -0.709. The van der Waals surface area contributed by atoms with Crippen LogP contribution in [0.4, 0.5) is 10.2 Å². The van der Waals surface area contributed by atoms with Gasteiger partial charge in [0.15, 0.2) is 5.69 Å². The predicted octanol–water partition coefficient (Wildman–Crippen LogP) is 2.48. The average Bonchev–Trinajstić information content (AvgIpc) is 2.76. The maximum absolute atomic E-state index is 13.1. The van der Waals surface area contributed by atoms with E-state index in [2.05, 4.69) is 5.10 Å². The number of nitrogens with zero attached hydrogens (tertiary/aromatic N) is 2. The summed E-state index contributed by atoms with van der Waals surface area (Å²) in [6.45, 7) is 2.25. The van der Waals surface area contributed by atoms with Crippen molar-refractivity contribution in [3.63, 3.8) is 0 Å². The lowest BCUT2D eigenvalue weighted by molar-refractivity contribution is 0.0518. The second kappa shape index (κ2) is 5.92. The van der Waals surface area contributed by atoms with Gasteiger partial charge in [-0.15, -0.1) is 0 Å². The number of aromatic nitrogens is 2. The van der Waals surface area contributed by atoms with Crippen LogP contribution in [0, 0.1) is 5.82 Å². The van der Waals surface area contributed by atoms with Gasteiger partial charge in [-0.25, -0.2) is 13.9 Å². The van der Waals surface area contributed by atoms with Gasteiger partial charge in [-0.2, -0.15) is 5.10 Å².